The first kappa shape index (κ1) is 16.9. The summed E-state index contributed by atoms with van der Waals surface area (Å²) in [5, 5.41) is 7.80. The molecule has 0 saturated carbocycles. The molecule has 6 nitrogen and oxygen atoms in total. The summed E-state index contributed by atoms with van der Waals surface area (Å²) in [5.74, 6) is -0.239. The maximum absolute atomic E-state index is 11.6. The van der Waals surface area contributed by atoms with Gasteiger partial charge in [-0.25, -0.2) is 13.6 Å². The summed E-state index contributed by atoms with van der Waals surface area (Å²) < 4.78 is 29.0. The molecule has 1 aromatic rings. The molecule has 1 rings (SSSR count). The van der Waals surface area contributed by atoms with Crippen molar-refractivity contribution in [2.75, 3.05) is 6.61 Å². The van der Waals surface area contributed by atoms with Crippen LogP contribution in [0.2, 0.25) is 0 Å². The molecule has 112 valence electrons. The maximum Gasteiger partial charge on any atom is 0.258 e. The molecule has 0 atom stereocenters. The van der Waals surface area contributed by atoms with E-state index in [1.807, 2.05) is 13.8 Å². The highest BCUT2D eigenvalue weighted by Crippen LogP contribution is 2.30. The fraction of sp³-hybridized carbons (Fsp3) is 0.417. The van der Waals surface area contributed by atoms with E-state index in [2.05, 4.69) is 21.2 Å². The average Bonchev–Trinajstić information content (AvgIpc) is 2.24. The van der Waals surface area contributed by atoms with Gasteiger partial charge in [-0.2, -0.15) is 0 Å². The number of hydrogen-bond donors (Lipinski definition) is 2. The summed E-state index contributed by atoms with van der Waals surface area (Å²) in [4.78, 5) is 11.4. The zero-order valence-corrected chi connectivity index (χ0v) is 13.8. The number of halogens is 1. The summed E-state index contributed by atoms with van der Waals surface area (Å²) in [6, 6.07) is 3.01. The van der Waals surface area contributed by atoms with E-state index in [1.165, 1.54) is 6.07 Å². The van der Waals surface area contributed by atoms with Gasteiger partial charge in [-0.1, -0.05) is 15.9 Å². The molecule has 0 bridgehead atoms. The predicted octanol–water partition coefficient (Wildman–Crippen LogP) is 1.31. The number of rotatable bonds is 5. The van der Waals surface area contributed by atoms with Crippen LogP contribution in [0.4, 0.5) is 0 Å². The number of sulfonamides is 1. The second kappa shape index (κ2) is 6.55. The van der Waals surface area contributed by atoms with Crippen LogP contribution in [0.3, 0.4) is 0 Å². The van der Waals surface area contributed by atoms with Crippen LogP contribution >= 0.6 is 15.9 Å². The van der Waals surface area contributed by atoms with Crippen molar-refractivity contribution in [3.05, 3.63) is 22.2 Å². The molecule has 8 heteroatoms. The van der Waals surface area contributed by atoms with Crippen molar-refractivity contribution >= 4 is 31.9 Å². The third-order valence-corrected chi connectivity index (χ3v) is 3.68. The number of benzene rings is 1. The van der Waals surface area contributed by atoms with E-state index in [1.54, 1.807) is 13.0 Å². The molecule has 0 aliphatic heterocycles. The smallest absolute Gasteiger partial charge is 0.258 e. The molecule has 20 heavy (non-hydrogen) atoms. The Balaban J connectivity index is 3.03. The normalized spacial score (nSPS) is 11.5. The summed E-state index contributed by atoms with van der Waals surface area (Å²) in [7, 11) is -3.94. The molecule has 0 fully saturated rings. The van der Waals surface area contributed by atoms with E-state index < -0.39 is 10.0 Å². The molecule has 0 spiro atoms. The Bertz CT molecular complexity index is 614. The lowest BCUT2D eigenvalue weighted by Gasteiger charge is -2.14. The molecular weight excluding hydrogens is 348 g/mol. The Labute approximate surface area is 126 Å². The molecule has 0 aliphatic rings. The number of primary sulfonamides is 1. The molecule has 0 aliphatic carbocycles. The molecule has 0 heterocycles. The van der Waals surface area contributed by atoms with E-state index >= 15 is 0 Å². The number of ether oxygens (including phenoxy) is 1. The summed E-state index contributed by atoms with van der Waals surface area (Å²) >= 11 is 3.20. The topological polar surface area (TPSA) is 98.5 Å². The zero-order valence-electron chi connectivity index (χ0n) is 11.4. The van der Waals surface area contributed by atoms with Gasteiger partial charge in [-0.05, 0) is 38.5 Å². The number of carbonyl (C=O) groups is 1. The number of nitrogens with one attached hydrogen (secondary N) is 1. The third kappa shape index (κ3) is 4.77. The summed E-state index contributed by atoms with van der Waals surface area (Å²) in [6.45, 7) is 5.04. The maximum atomic E-state index is 11.6. The highest BCUT2D eigenvalue weighted by atomic mass is 79.9. The van der Waals surface area contributed by atoms with Crippen molar-refractivity contribution in [3.8, 4) is 5.75 Å². The third-order valence-electron chi connectivity index (χ3n) is 2.31. The van der Waals surface area contributed by atoms with Crippen molar-refractivity contribution < 1.29 is 17.9 Å². The SMILES string of the molecule is Cc1cc(Br)cc(S(N)(=O)=O)c1OCC(=O)NC(C)C. The first-order valence-corrected chi connectivity index (χ1v) is 8.20. The average molecular weight is 365 g/mol. The minimum absolute atomic E-state index is 0.0187. The monoisotopic (exact) mass is 364 g/mol. The number of aryl methyl sites for hydroxylation is 1. The molecule has 1 aromatic carbocycles. The minimum atomic E-state index is -3.94. The quantitative estimate of drug-likeness (QED) is 0.822. The second-order valence-electron chi connectivity index (χ2n) is 4.61. The van der Waals surface area contributed by atoms with Gasteiger partial charge in [0.2, 0.25) is 10.0 Å². The number of amides is 1. The van der Waals surface area contributed by atoms with Gasteiger partial charge < -0.3 is 10.1 Å². The van der Waals surface area contributed by atoms with Crippen molar-refractivity contribution in [2.45, 2.75) is 31.7 Å². The Morgan fingerprint density at radius 2 is 2.05 bits per heavy atom. The van der Waals surface area contributed by atoms with Crippen LogP contribution in [0.5, 0.6) is 5.75 Å². The molecule has 1 amide bonds. The first-order chi connectivity index (χ1) is 9.11. The van der Waals surface area contributed by atoms with Gasteiger partial charge >= 0.3 is 0 Å². The lowest BCUT2D eigenvalue weighted by Crippen LogP contribution is -2.34. The van der Waals surface area contributed by atoms with E-state index in [0.717, 1.165) is 0 Å². The van der Waals surface area contributed by atoms with Crippen LogP contribution in [0.1, 0.15) is 19.4 Å². The Morgan fingerprint density at radius 3 is 2.55 bits per heavy atom. The fourth-order valence-electron chi connectivity index (χ4n) is 1.60. The molecule has 0 saturated heterocycles. The van der Waals surface area contributed by atoms with Crippen LogP contribution in [-0.2, 0) is 14.8 Å². The van der Waals surface area contributed by atoms with E-state index in [0.29, 0.717) is 10.0 Å². The fourth-order valence-corrected chi connectivity index (χ4v) is 3.09. The van der Waals surface area contributed by atoms with Crippen molar-refractivity contribution in [1.29, 1.82) is 0 Å². The zero-order chi connectivity index (χ0) is 15.5. The predicted molar refractivity (Wildman–Crippen MR) is 79.0 cm³/mol. The summed E-state index contributed by atoms with van der Waals surface area (Å²) in [5.41, 5.74) is 0.570. The number of hydrogen-bond acceptors (Lipinski definition) is 4. The molecule has 0 aromatic heterocycles. The van der Waals surface area contributed by atoms with Crippen molar-refractivity contribution in [3.63, 3.8) is 0 Å². The van der Waals surface area contributed by atoms with Gasteiger partial charge in [0.05, 0.1) is 0 Å². The van der Waals surface area contributed by atoms with E-state index in [4.69, 9.17) is 9.88 Å². The van der Waals surface area contributed by atoms with Gasteiger partial charge in [0.15, 0.2) is 6.61 Å². The number of nitrogens with two attached hydrogens (primary N) is 1. The van der Waals surface area contributed by atoms with Crippen LogP contribution in [0, 0.1) is 6.92 Å². The Hall–Kier alpha value is -1.12. The van der Waals surface area contributed by atoms with Crippen LogP contribution < -0.4 is 15.2 Å². The van der Waals surface area contributed by atoms with Crippen molar-refractivity contribution in [1.82, 2.24) is 5.32 Å². The minimum Gasteiger partial charge on any atom is -0.482 e. The van der Waals surface area contributed by atoms with Gasteiger partial charge in [0, 0.05) is 10.5 Å². The number of carbonyl (C=O) groups excluding carboxylic acids is 1. The van der Waals surface area contributed by atoms with Crippen LogP contribution in [0.15, 0.2) is 21.5 Å². The van der Waals surface area contributed by atoms with Gasteiger partial charge in [0.25, 0.3) is 5.91 Å². The lowest BCUT2D eigenvalue weighted by atomic mass is 10.2. The van der Waals surface area contributed by atoms with Crippen LogP contribution in [0.25, 0.3) is 0 Å². The molecular formula is C12H17BrN2O4S. The molecule has 3 N–H and O–H groups in total. The largest absolute Gasteiger partial charge is 0.482 e. The Morgan fingerprint density at radius 1 is 1.45 bits per heavy atom. The highest BCUT2D eigenvalue weighted by Gasteiger charge is 2.19. The lowest BCUT2D eigenvalue weighted by molar-refractivity contribution is -0.123. The second-order valence-corrected chi connectivity index (χ2v) is 7.05. The van der Waals surface area contributed by atoms with E-state index in [9.17, 15) is 13.2 Å². The van der Waals surface area contributed by atoms with Crippen molar-refractivity contribution in [2.24, 2.45) is 5.14 Å². The van der Waals surface area contributed by atoms with Gasteiger partial charge in [-0.15, -0.1) is 0 Å². The van der Waals surface area contributed by atoms with Gasteiger partial charge in [-0.3, -0.25) is 4.79 Å². The Kier molecular flexibility index (Phi) is 5.55. The summed E-state index contributed by atoms with van der Waals surface area (Å²) in [6.07, 6.45) is 0. The van der Waals surface area contributed by atoms with E-state index in [-0.39, 0.29) is 29.2 Å². The van der Waals surface area contributed by atoms with Crippen LogP contribution in [-0.4, -0.2) is 27.0 Å². The molecule has 0 unspecified atom stereocenters. The first-order valence-electron chi connectivity index (χ1n) is 5.86. The molecule has 0 radical (unpaired) electrons. The highest BCUT2D eigenvalue weighted by molar-refractivity contribution is 9.10. The van der Waals surface area contributed by atoms with Gasteiger partial charge in [0.1, 0.15) is 10.6 Å². The standard InChI is InChI=1S/C12H17BrN2O4S/c1-7(2)15-11(16)6-19-12-8(3)4-9(13)5-10(12)20(14,17)18/h4-5,7H,6H2,1-3H3,(H,15,16)(H2,14,17,18).